The van der Waals surface area contributed by atoms with Crippen LogP contribution in [0, 0.1) is 5.92 Å². The first-order valence-electron chi connectivity index (χ1n) is 6.93. The Balaban J connectivity index is 2.92. The fourth-order valence-electron chi connectivity index (χ4n) is 1.92. The van der Waals surface area contributed by atoms with E-state index in [1.807, 2.05) is 18.9 Å². The van der Waals surface area contributed by atoms with E-state index in [9.17, 15) is 4.79 Å². The number of pyridine rings is 1. The minimum atomic E-state index is -0.166. The fraction of sp³-hybridized carbons (Fsp3) is 0.571. The molecule has 0 fully saturated rings. The number of aromatic nitrogens is 1. The first-order chi connectivity index (χ1) is 9.90. The SMILES string of the molecule is CCCNc1nc(N(C)CC(C)C(=O)NC)c(Cl)cc1Cl. The van der Waals surface area contributed by atoms with Crippen LogP contribution >= 0.6 is 23.2 Å². The van der Waals surface area contributed by atoms with Gasteiger partial charge in [-0.3, -0.25) is 4.79 Å². The van der Waals surface area contributed by atoms with Gasteiger partial charge in [0.05, 0.1) is 16.0 Å². The number of amides is 1. The van der Waals surface area contributed by atoms with Gasteiger partial charge in [0.25, 0.3) is 0 Å². The van der Waals surface area contributed by atoms with Crippen LogP contribution in [0.2, 0.25) is 10.0 Å². The summed E-state index contributed by atoms with van der Waals surface area (Å²) in [5, 5.41) is 6.75. The molecule has 1 amide bonds. The zero-order valence-electron chi connectivity index (χ0n) is 12.8. The van der Waals surface area contributed by atoms with Crippen molar-refractivity contribution in [2.45, 2.75) is 20.3 Å². The van der Waals surface area contributed by atoms with Crippen molar-refractivity contribution in [3.8, 4) is 0 Å². The van der Waals surface area contributed by atoms with Gasteiger partial charge in [0.2, 0.25) is 5.91 Å². The molecule has 0 aliphatic rings. The standard InChI is InChI=1S/C14H22Cl2N4O/c1-5-6-18-12-10(15)7-11(16)13(19-12)20(4)8-9(2)14(21)17-3/h7,9H,5-6,8H2,1-4H3,(H,17,21)(H,18,19). The highest BCUT2D eigenvalue weighted by Crippen LogP contribution is 2.31. The number of carbonyl (C=O) groups excluding carboxylic acids is 1. The molecule has 2 N–H and O–H groups in total. The minimum absolute atomic E-state index is 0.0173. The van der Waals surface area contributed by atoms with Gasteiger partial charge in [-0.15, -0.1) is 0 Å². The number of anilines is 2. The molecule has 1 aromatic rings. The summed E-state index contributed by atoms with van der Waals surface area (Å²) in [6.07, 6.45) is 0.972. The Morgan fingerprint density at radius 3 is 2.67 bits per heavy atom. The van der Waals surface area contributed by atoms with Crippen LogP contribution in [0.25, 0.3) is 0 Å². The smallest absolute Gasteiger partial charge is 0.224 e. The Bertz CT molecular complexity index is 496. The van der Waals surface area contributed by atoms with Crippen molar-refractivity contribution in [2.24, 2.45) is 5.92 Å². The van der Waals surface area contributed by atoms with Crippen LogP contribution in [-0.4, -0.2) is 38.1 Å². The van der Waals surface area contributed by atoms with Crippen molar-refractivity contribution in [1.29, 1.82) is 0 Å². The van der Waals surface area contributed by atoms with Crippen molar-refractivity contribution >= 4 is 40.7 Å². The maximum absolute atomic E-state index is 11.6. The molecule has 0 saturated carbocycles. The van der Waals surface area contributed by atoms with Crippen molar-refractivity contribution < 1.29 is 4.79 Å². The minimum Gasteiger partial charge on any atom is -0.369 e. The maximum atomic E-state index is 11.6. The number of hydrogen-bond donors (Lipinski definition) is 2. The summed E-state index contributed by atoms with van der Waals surface area (Å²) in [6.45, 7) is 5.22. The molecular weight excluding hydrogens is 311 g/mol. The quantitative estimate of drug-likeness (QED) is 0.805. The predicted octanol–water partition coefficient (Wildman–Crippen LogP) is 3.03. The highest BCUT2D eigenvalue weighted by Gasteiger charge is 2.18. The zero-order valence-corrected chi connectivity index (χ0v) is 14.3. The van der Waals surface area contributed by atoms with Gasteiger partial charge in [-0.1, -0.05) is 37.0 Å². The summed E-state index contributed by atoms with van der Waals surface area (Å²) in [5.74, 6) is 1.03. The molecule has 1 aromatic heterocycles. The summed E-state index contributed by atoms with van der Waals surface area (Å²) in [5.41, 5.74) is 0. The zero-order chi connectivity index (χ0) is 16.0. The molecule has 0 spiro atoms. The van der Waals surface area contributed by atoms with Gasteiger partial charge in [-0.25, -0.2) is 4.98 Å². The van der Waals surface area contributed by atoms with Crippen molar-refractivity contribution in [2.75, 3.05) is 37.4 Å². The molecule has 118 valence electrons. The van der Waals surface area contributed by atoms with E-state index in [-0.39, 0.29) is 11.8 Å². The van der Waals surface area contributed by atoms with Gasteiger partial charge >= 0.3 is 0 Å². The molecule has 0 radical (unpaired) electrons. The van der Waals surface area contributed by atoms with Crippen LogP contribution in [0.4, 0.5) is 11.6 Å². The van der Waals surface area contributed by atoms with Crippen LogP contribution in [0.1, 0.15) is 20.3 Å². The van der Waals surface area contributed by atoms with Crippen LogP contribution in [0.15, 0.2) is 6.07 Å². The molecule has 1 rings (SSSR count). The molecule has 0 aliphatic heterocycles. The molecule has 0 aromatic carbocycles. The van der Waals surface area contributed by atoms with Crippen LogP contribution in [-0.2, 0) is 4.79 Å². The van der Waals surface area contributed by atoms with Gasteiger partial charge in [0.15, 0.2) is 0 Å². The molecule has 0 aliphatic carbocycles. The number of carbonyl (C=O) groups is 1. The van der Waals surface area contributed by atoms with E-state index in [0.29, 0.717) is 28.2 Å². The molecule has 0 saturated heterocycles. The fourth-order valence-corrected chi connectivity index (χ4v) is 2.49. The average molecular weight is 333 g/mol. The van der Waals surface area contributed by atoms with Crippen LogP contribution in [0.5, 0.6) is 0 Å². The summed E-state index contributed by atoms with van der Waals surface area (Å²) in [6, 6.07) is 1.67. The van der Waals surface area contributed by atoms with Gasteiger partial charge in [-0.2, -0.15) is 0 Å². The van der Waals surface area contributed by atoms with Gasteiger partial charge in [-0.05, 0) is 12.5 Å². The third-order valence-electron chi connectivity index (χ3n) is 3.06. The van der Waals surface area contributed by atoms with Gasteiger partial charge in [0, 0.05) is 27.2 Å². The van der Waals surface area contributed by atoms with Gasteiger partial charge < -0.3 is 15.5 Å². The van der Waals surface area contributed by atoms with Crippen molar-refractivity contribution in [3.63, 3.8) is 0 Å². The first-order valence-corrected chi connectivity index (χ1v) is 7.68. The topological polar surface area (TPSA) is 57.3 Å². The second-order valence-electron chi connectivity index (χ2n) is 4.95. The summed E-state index contributed by atoms with van der Waals surface area (Å²) in [7, 11) is 3.48. The van der Waals surface area contributed by atoms with Crippen molar-refractivity contribution in [3.05, 3.63) is 16.1 Å². The number of nitrogens with zero attached hydrogens (tertiary/aromatic N) is 2. The second-order valence-corrected chi connectivity index (χ2v) is 5.76. The molecule has 21 heavy (non-hydrogen) atoms. The molecule has 7 heteroatoms. The number of hydrogen-bond acceptors (Lipinski definition) is 4. The first kappa shape index (κ1) is 17.9. The largest absolute Gasteiger partial charge is 0.369 e. The predicted molar refractivity (Wildman–Crippen MR) is 89.5 cm³/mol. The van der Waals surface area contributed by atoms with E-state index >= 15 is 0 Å². The van der Waals surface area contributed by atoms with Gasteiger partial charge in [0.1, 0.15) is 11.6 Å². The summed E-state index contributed by atoms with van der Waals surface area (Å²) < 4.78 is 0. The lowest BCUT2D eigenvalue weighted by Crippen LogP contribution is -2.34. The van der Waals surface area contributed by atoms with E-state index in [4.69, 9.17) is 23.2 Å². The monoisotopic (exact) mass is 332 g/mol. The van der Waals surface area contributed by atoms with E-state index in [1.54, 1.807) is 13.1 Å². The molecule has 1 atom stereocenters. The third kappa shape index (κ3) is 4.93. The van der Waals surface area contributed by atoms with Crippen LogP contribution < -0.4 is 15.5 Å². The summed E-state index contributed by atoms with van der Waals surface area (Å²) >= 11 is 12.3. The number of halogens is 2. The maximum Gasteiger partial charge on any atom is 0.224 e. The summed E-state index contributed by atoms with van der Waals surface area (Å²) in [4.78, 5) is 17.9. The molecule has 0 bridgehead atoms. The van der Waals surface area contributed by atoms with Crippen molar-refractivity contribution in [1.82, 2.24) is 10.3 Å². The van der Waals surface area contributed by atoms with Crippen LogP contribution in [0.3, 0.4) is 0 Å². The Hall–Kier alpha value is -1.20. The average Bonchev–Trinajstić information content (AvgIpc) is 2.45. The normalized spacial score (nSPS) is 11.9. The van der Waals surface area contributed by atoms with E-state index in [1.165, 1.54) is 0 Å². The molecule has 1 heterocycles. The van der Waals surface area contributed by atoms with E-state index < -0.39 is 0 Å². The number of nitrogens with one attached hydrogen (secondary N) is 2. The highest BCUT2D eigenvalue weighted by molar-refractivity contribution is 6.37. The van der Waals surface area contributed by atoms with E-state index in [2.05, 4.69) is 22.5 Å². The Morgan fingerprint density at radius 1 is 1.43 bits per heavy atom. The Kier molecular flexibility index (Phi) is 7.05. The highest BCUT2D eigenvalue weighted by atomic mass is 35.5. The third-order valence-corrected chi connectivity index (χ3v) is 3.62. The Labute approximate surface area is 136 Å². The second kappa shape index (κ2) is 8.29. The Morgan fingerprint density at radius 2 is 2.10 bits per heavy atom. The van der Waals surface area contributed by atoms with E-state index in [0.717, 1.165) is 13.0 Å². The molecular formula is C14H22Cl2N4O. The lowest BCUT2D eigenvalue weighted by atomic mass is 10.1. The number of rotatable bonds is 7. The lowest BCUT2D eigenvalue weighted by Gasteiger charge is -2.23. The molecule has 1 unspecified atom stereocenters. The lowest BCUT2D eigenvalue weighted by molar-refractivity contribution is -0.123. The molecule has 5 nitrogen and oxygen atoms in total.